The summed E-state index contributed by atoms with van der Waals surface area (Å²) in [5.41, 5.74) is 0.519. The lowest BCUT2D eigenvalue weighted by atomic mass is 10.1. The molecule has 0 spiro atoms. The minimum Gasteiger partial charge on any atom is -0.411 e. The first-order valence-electron chi connectivity index (χ1n) is 4.29. The van der Waals surface area contributed by atoms with Crippen LogP contribution in [0.3, 0.4) is 0 Å². The van der Waals surface area contributed by atoms with Gasteiger partial charge >= 0.3 is 0 Å². The lowest BCUT2D eigenvalue weighted by Crippen LogP contribution is -1.98. The number of nitrogens with zero attached hydrogens (tertiary/aromatic N) is 1. The number of Topliss-reactive ketones (excluding diaryl/α,β-unsaturated/α-hetero) is 1. The second-order valence-corrected chi connectivity index (χ2v) is 2.39. The first-order valence-corrected chi connectivity index (χ1v) is 4.29. The molecule has 0 radical (unpaired) electrons. The summed E-state index contributed by atoms with van der Waals surface area (Å²) in [7, 11) is 0. The number of hydrogen-bond acceptors (Lipinski definition) is 5. The van der Waals surface area contributed by atoms with E-state index in [0.717, 1.165) is 6.21 Å². The van der Waals surface area contributed by atoms with Crippen LogP contribution in [0, 0.1) is 0 Å². The van der Waals surface area contributed by atoms with E-state index < -0.39 is 0 Å². The van der Waals surface area contributed by atoms with Gasteiger partial charge in [0.25, 0.3) is 0 Å². The van der Waals surface area contributed by atoms with Crippen molar-refractivity contribution in [2.75, 3.05) is 6.61 Å². The number of carbonyl (C=O) groups excluding carboxylic acids is 1. The van der Waals surface area contributed by atoms with Gasteiger partial charge < -0.3 is 5.21 Å². The normalized spacial score (nSPS) is 9.47. The Bertz CT molecular complexity index is 296. The molecule has 15 heavy (non-hydrogen) atoms. The van der Waals surface area contributed by atoms with Gasteiger partial charge in [-0.2, -0.15) is 0 Å². The van der Waals surface area contributed by atoms with E-state index in [0.29, 0.717) is 12.2 Å². The Morgan fingerprint density at radius 2 is 2.00 bits per heavy atom. The number of hydrogen-bond donors (Lipinski definition) is 2. The minimum atomic E-state index is -0.298. The van der Waals surface area contributed by atoms with Crippen molar-refractivity contribution in [3.63, 3.8) is 0 Å². The van der Waals surface area contributed by atoms with E-state index in [4.69, 9.17) is 10.5 Å². The van der Waals surface area contributed by atoms with Gasteiger partial charge in [-0.25, -0.2) is 4.89 Å². The van der Waals surface area contributed by atoms with Crippen LogP contribution in [0.1, 0.15) is 17.3 Å². The third-order valence-electron chi connectivity index (χ3n) is 1.36. The molecular weight excluding hydrogens is 198 g/mol. The molecule has 0 unspecified atom stereocenters. The van der Waals surface area contributed by atoms with Crippen molar-refractivity contribution in [3.8, 4) is 0 Å². The van der Waals surface area contributed by atoms with Crippen molar-refractivity contribution in [2.24, 2.45) is 5.16 Å². The van der Waals surface area contributed by atoms with Crippen LogP contribution in [0.4, 0.5) is 0 Å². The third kappa shape index (κ3) is 6.36. The molecule has 5 nitrogen and oxygen atoms in total. The lowest BCUT2D eigenvalue weighted by Gasteiger charge is -1.90. The van der Waals surface area contributed by atoms with E-state index in [1.165, 1.54) is 0 Å². The van der Waals surface area contributed by atoms with Gasteiger partial charge in [-0.3, -0.25) is 10.1 Å². The molecule has 0 saturated carbocycles. The molecule has 0 bridgehead atoms. The van der Waals surface area contributed by atoms with Gasteiger partial charge in [-0.1, -0.05) is 35.5 Å². The largest absolute Gasteiger partial charge is 0.411 e. The molecule has 1 rings (SSSR count). The molecule has 0 amide bonds. The Balaban J connectivity index is 0.000000423. The van der Waals surface area contributed by atoms with E-state index in [1.54, 1.807) is 31.2 Å². The van der Waals surface area contributed by atoms with Crippen LogP contribution in [0.2, 0.25) is 0 Å². The van der Waals surface area contributed by atoms with Crippen molar-refractivity contribution in [3.05, 3.63) is 35.9 Å². The molecule has 1 aromatic carbocycles. The summed E-state index contributed by atoms with van der Waals surface area (Å²) in [5, 5.41) is 18.1. The predicted molar refractivity (Wildman–Crippen MR) is 55.3 cm³/mol. The Morgan fingerprint density at radius 3 is 2.40 bits per heavy atom. The highest BCUT2D eigenvalue weighted by atomic mass is 17.1. The van der Waals surface area contributed by atoms with Crippen LogP contribution in [-0.4, -0.2) is 29.1 Å². The van der Waals surface area contributed by atoms with Gasteiger partial charge in [0.15, 0.2) is 0 Å². The molecule has 1 aromatic rings. The van der Waals surface area contributed by atoms with Crippen LogP contribution in [0.15, 0.2) is 35.5 Å². The summed E-state index contributed by atoms with van der Waals surface area (Å²) < 4.78 is 0. The Kier molecular flexibility index (Phi) is 7.84. The summed E-state index contributed by atoms with van der Waals surface area (Å²) in [6.07, 6.45) is 0.870. The first kappa shape index (κ1) is 13.3. The highest BCUT2D eigenvalue weighted by Gasteiger charge is 1.98. The quantitative estimate of drug-likeness (QED) is 0.263. The zero-order chi connectivity index (χ0) is 11.5. The fourth-order valence-electron chi connectivity index (χ4n) is 0.729. The molecule has 2 N–H and O–H groups in total. The molecule has 0 heterocycles. The van der Waals surface area contributed by atoms with Crippen molar-refractivity contribution in [1.29, 1.82) is 0 Å². The van der Waals surface area contributed by atoms with E-state index in [-0.39, 0.29) is 5.78 Å². The minimum absolute atomic E-state index is 0.298. The number of carbonyl (C=O) groups is 1. The Labute approximate surface area is 87.5 Å². The summed E-state index contributed by atoms with van der Waals surface area (Å²) in [5.74, 6) is -0.298. The summed E-state index contributed by atoms with van der Waals surface area (Å²) in [4.78, 5) is 14.5. The van der Waals surface area contributed by atoms with Gasteiger partial charge in [-0.15, -0.1) is 0 Å². The van der Waals surface area contributed by atoms with Gasteiger partial charge in [0.05, 0.1) is 6.61 Å². The van der Waals surface area contributed by atoms with Crippen LogP contribution >= 0.6 is 0 Å². The monoisotopic (exact) mass is 211 g/mol. The fraction of sp³-hybridized carbons (Fsp3) is 0.200. The second-order valence-electron chi connectivity index (χ2n) is 2.39. The highest BCUT2D eigenvalue weighted by molar-refractivity contribution is 6.35. The smallest absolute Gasteiger partial charge is 0.207 e. The lowest BCUT2D eigenvalue weighted by molar-refractivity contribution is -0.237. The van der Waals surface area contributed by atoms with Crippen molar-refractivity contribution in [1.82, 2.24) is 0 Å². The number of rotatable bonds is 3. The standard InChI is InChI=1S/C8H7NO2.C2H6O2/c10-8(6-9-11)7-4-2-1-3-5-7;1-2-4-3/h1-6,11H;3H,2H2,1H3. The third-order valence-corrected chi connectivity index (χ3v) is 1.36. The van der Waals surface area contributed by atoms with E-state index in [1.807, 2.05) is 6.07 Å². The zero-order valence-electron chi connectivity index (χ0n) is 8.33. The van der Waals surface area contributed by atoms with E-state index >= 15 is 0 Å². The molecule has 0 saturated heterocycles. The Morgan fingerprint density at radius 1 is 1.47 bits per heavy atom. The topological polar surface area (TPSA) is 79.1 Å². The maximum absolute atomic E-state index is 10.9. The number of ketones is 1. The fourth-order valence-corrected chi connectivity index (χ4v) is 0.729. The van der Waals surface area contributed by atoms with Crippen LogP contribution in [-0.2, 0) is 4.89 Å². The molecule has 0 fully saturated rings. The molecule has 0 atom stereocenters. The average Bonchev–Trinajstić information content (AvgIpc) is 2.31. The van der Waals surface area contributed by atoms with E-state index in [2.05, 4.69) is 10.0 Å². The first-order chi connectivity index (χ1) is 7.26. The van der Waals surface area contributed by atoms with E-state index in [9.17, 15) is 4.79 Å². The molecule has 82 valence electrons. The highest BCUT2D eigenvalue weighted by Crippen LogP contribution is 1.97. The maximum atomic E-state index is 10.9. The maximum Gasteiger partial charge on any atom is 0.207 e. The predicted octanol–water partition coefficient (Wildman–Crippen LogP) is 1.83. The molecular formula is C10H13NO4. The van der Waals surface area contributed by atoms with Crippen LogP contribution in [0.25, 0.3) is 0 Å². The van der Waals surface area contributed by atoms with Gasteiger partial charge in [-0.05, 0) is 6.92 Å². The van der Waals surface area contributed by atoms with Gasteiger partial charge in [0.2, 0.25) is 5.78 Å². The number of oxime groups is 1. The summed E-state index contributed by atoms with van der Waals surface area (Å²) in [6.45, 7) is 2.08. The molecule has 0 aliphatic heterocycles. The average molecular weight is 211 g/mol. The SMILES string of the molecule is CCOO.O=C(C=NO)c1ccccc1. The molecule has 5 heteroatoms. The molecule has 0 aromatic heterocycles. The van der Waals surface area contributed by atoms with Crippen LogP contribution < -0.4 is 0 Å². The zero-order valence-corrected chi connectivity index (χ0v) is 8.33. The number of benzene rings is 1. The second kappa shape index (κ2) is 8.86. The van der Waals surface area contributed by atoms with Gasteiger partial charge in [0, 0.05) is 5.56 Å². The van der Waals surface area contributed by atoms with Crippen molar-refractivity contribution < 1.29 is 20.1 Å². The summed E-state index contributed by atoms with van der Waals surface area (Å²) in [6, 6.07) is 8.62. The molecule has 0 aliphatic rings. The van der Waals surface area contributed by atoms with Crippen LogP contribution in [0.5, 0.6) is 0 Å². The van der Waals surface area contributed by atoms with Crippen molar-refractivity contribution >= 4 is 12.0 Å². The van der Waals surface area contributed by atoms with Gasteiger partial charge in [0.1, 0.15) is 6.21 Å². The summed E-state index contributed by atoms with van der Waals surface area (Å²) >= 11 is 0. The molecule has 0 aliphatic carbocycles. The van der Waals surface area contributed by atoms with Crippen molar-refractivity contribution in [2.45, 2.75) is 6.92 Å². The Hall–Kier alpha value is -1.72.